The fourth-order valence-corrected chi connectivity index (χ4v) is 1.44. The number of amides is 2. The number of primary amides is 1. The van der Waals surface area contributed by atoms with Gasteiger partial charge in [-0.15, -0.1) is 0 Å². The Morgan fingerprint density at radius 3 is 2.79 bits per heavy atom. The highest BCUT2D eigenvalue weighted by molar-refractivity contribution is 5.93. The number of nitrogens with zero attached hydrogens (tertiary/aromatic N) is 1. The number of hydrogen-bond donors (Lipinski definition) is 1. The number of carbonyl (C=O) groups excluding carboxylic acids is 2. The van der Waals surface area contributed by atoms with E-state index in [1.807, 2.05) is 0 Å². The third kappa shape index (κ3) is 2.02. The SMILES string of the molecule is C=CN1CCC(/C=C(\C)C(N)=O)C1=O. The van der Waals surface area contributed by atoms with Crippen molar-refractivity contribution in [3.05, 3.63) is 24.4 Å². The van der Waals surface area contributed by atoms with Gasteiger partial charge in [0.1, 0.15) is 0 Å². The minimum absolute atomic E-state index is 0.0133. The van der Waals surface area contributed by atoms with Gasteiger partial charge in [-0.25, -0.2) is 0 Å². The first-order valence-corrected chi connectivity index (χ1v) is 4.47. The number of nitrogens with two attached hydrogens (primary N) is 1. The fourth-order valence-electron chi connectivity index (χ4n) is 1.44. The lowest BCUT2D eigenvalue weighted by molar-refractivity contribution is -0.127. The van der Waals surface area contributed by atoms with Gasteiger partial charge in [0.2, 0.25) is 11.8 Å². The maximum atomic E-state index is 11.6. The van der Waals surface area contributed by atoms with E-state index in [1.165, 1.54) is 6.20 Å². The minimum Gasteiger partial charge on any atom is -0.366 e. The summed E-state index contributed by atoms with van der Waals surface area (Å²) in [5, 5.41) is 0. The maximum Gasteiger partial charge on any atom is 0.244 e. The second-order valence-corrected chi connectivity index (χ2v) is 3.32. The summed E-state index contributed by atoms with van der Waals surface area (Å²) < 4.78 is 0. The van der Waals surface area contributed by atoms with Gasteiger partial charge >= 0.3 is 0 Å². The molecule has 4 heteroatoms. The highest BCUT2D eigenvalue weighted by Crippen LogP contribution is 2.20. The molecule has 1 atom stereocenters. The first kappa shape index (κ1) is 10.5. The predicted octanol–water partition coefficient (Wildman–Crippen LogP) is 0.410. The molecule has 1 aliphatic heterocycles. The average molecular weight is 194 g/mol. The molecular formula is C10H14N2O2. The fraction of sp³-hybridized carbons (Fsp3) is 0.400. The van der Waals surface area contributed by atoms with Crippen molar-refractivity contribution in [2.24, 2.45) is 11.7 Å². The highest BCUT2D eigenvalue weighted by Gasteiger charge is 2.28. The van der Waals surface area contributed by atoms with Gasteiger partial charge in [-0.1, -0.05) is 12.7 Å². The Balaban J connectivity index is 2.74. The van der Waals surface area contributed by atoms with E-state index in [1.54, 1.807) is 17.9 Å². The van der Waals surface area contributed by atoms with Crippen LogP contribution in [0, 0.1) is 5.92 Å². The van der Waals surface area contributed by atoms with Crippen molar-refractivity contribution < 1.29 is 9.59 Å². The van der Waals surface area contributed by atoms with Gasteiger partial charge in [-0.3, -0.25) is 9.59 Å². The summed E-state index contributed by atoms with van der Waals surface area (Å²) in [6.07, 6.45) is 3.86. The Hall–Kier alpha value is -1.58. The zero-order valence-corrected chi connectivity index (χ0v) is 8.19. The number of carbonyl (C=O) groups is 2. The molecule has 0 spiro atoms. The van der Waals surface area contributed by atoms with E-state index in [2.05, 4.69) is 6.58 Å². The molecule has 1 heterocycles. The lowest BCUT2D eigenvalue weighted by atomic mass is 10.0. The smallest absolute Gasteiger partial charge is 0.244 e. The highest BCUT2D eigenvalue weighted by atomic mass is 16.2. The van der Waals surface area contributed by atoms with Gasteiger partial charge in [0.25, 0.3) is 0 Å². The lowest BCUT2D eigenvalue weighted by Crippen LogP contribution is -2.21. The zero-order chi connectivity index (χ0) is 10.7. The van der Waals surface area contributed by atoms with E-state index < -0.39 is 5.91 Å². The molecular weight excluding hydrogens is 180 g/mol. The summed E-state index contributed by atoms with van der Waals surface area (Å²) in [4.78, 5) is 23.9. The molecule has 2 N–H and O–H groups in total. The van der Waals surface area contributed by atoms with Crippen LogP contribution in [0.2, 0.25) is 0 Å². The quantitative estimate of drug-likeness (QED) is 0.661. The molecule has 1 saturated heterocycles. The summed E-state index contributed by atoms with van der Waals surface area (Å²) in [6, 6.07) is 0. The Labute approximate surface area is 83.1 Å². The predicted molar refractivity (Wildman–Crippen MR) is 53.0 cm³/mol. The van der Waals surface area contributed by atoms with E-state index in [0.717, 1.165) is 6.42 Å². The summed E-state index contributed by atoms with van der Waals surface area (Å²) >= 11 is 0. The molecule has 1 rings (SSSR count). The first-order valence-electron chi connectivity index (χ1n) is 4.47. The van der Waals surface area contributed by atoms with Crippen LogP contribution in [-0.4, -0.2) is 23.3 Å². The van der Waals surface area contributed by atoms with E-state index in [4.69, 9.17) is 5.73 Å². The van der Waals surface area contributed by atoms with Crippen LogP contribution in [0.4, 0.5) is 0 Å². The average Bonchev–Trinajstić information content (AvgIpc) is 2.47. The van der Waals surface area contributed by atoms with Gasteiger partial charge in [-0.2, -0.15) is 0 Å². The third-order valence-corrected chi connectivity index (χ3v) is 2.34. The molecule has 0 saturated carbocycles. The van der Waals surface area contributed by atoms with Gasteiger partial charge in [0.05, 0.1) is 5.92 Å². The molecule has 1 aliphatic rings. The van der Waals surface area contributed by atoms with Crippen LogP contribution in [0.5, 0.6) is 0 Å². The topological polar surface area (TPSA) is 63.4 Å². The van der Waals surface area contributed by atoms with Gasteiger partial charge in [0.15, 0.2) is 0 Å². The molecule has 4 nitrogen and oxygen atoms in total. The van der Waals surface area contributed by atoms with E-state index >= 15 is 0 Å². The molecule has 76 valence electrons. The van der Waals surface area contributed by atoms with E-state index in [9.17, 15) is 9.59 Å². The third-order valence-electron chi connectivity index (χ3n) is 2.34. The Morgan fingerprint density at radius 2 is 2.36 bits per heavy atom. The van der Waals surface area contributed by atoms with Crippen LogP contribution in [0.25, 0.3) is 0 Å². The largest absolute Gasteiger partial charge is 0.366 e. The number of likely N-dealkylation sites (tertiary alicyclic amines) is 1. The molecule has 0 aromatic rings. The van der Waals surface area contributed by atoms with Crippen molar-refractivity contribution in [3.63, 3.8) is 0 Å². The van der Waals surface area contributed by atoms with Crippen LogP contribution in [0.15, 0.2) is 24.4 Å². The van der Waals surface area contributed by atoms with Gasteiger partial charge in [0, 0.05) is 12.1 Å². The molecule has 1 fully saturated rings. The van der Waals surface area contributed by atoms with Crippen LogP contribution in [-0.2, 0) is 9.59 Å². The molecule has 0 aliphatic carbocycles. The molecule has 0 radical (unpaired) electrons. The summed E-state index contributed by atoms with van der Waals surface area (Å²) in [6.45, 7) is 5.81. The van der Waals surface area contributed by atoms with Crippen molar-refractivity contribution in [3.8, 4) is 0 Å². The summed E-state index contributed by atoms with van der Waals surface area (Å²) in [7, 11) is 0. The molecule has 1 unspecified atom stereocenters. The van der Waals surface area contributed by atoms with Gasteiger partial charge in [-0.05, 0) is 19.5 Å². The maximum absolute atomic E-state index is 11.6. The van der Waals surface area contributed by atoms with Crippen molar-refractivity contribution in [1.29, 1.82) is 0 Å². The Kier molecular flexibility index (Phi) is 3.06. The monoisotopic (exact) mass is 194 g/mol. The molecule has 0 aromatic heterocycles. The zero-order valence-electron chi connectivity index (χ0n) is 8.19. The summed E-state index contributed by atoms with van der Waals surface area (Å²) in [5.41, 5.74) is 5.51. The van der Waals surface area contributed by atoms with Crippen LogP contribution < -0.4 is 5.73 Å². The van der Waals surface area contributed by atoms with Crippen LogP contribution >= 0.6 is 0 Å². The van der Waals surface area contributed by atoms with Crippen molar-refractivity contribution in [2.45, 2.75) is 13.3 Å². The Bertz CT molecular complexity index is 307. The standard InChI is InChI=1S/C10H14N2O2/c1-3-12-5-4-8(10(12)14)6-7(2)9(11)13/h3,6,8H,1,4-5H2,2H3,(H2,11,13)/b7-6+. The lowest BCUT2D eigenvalue weighted by Gasteiger charge is -2.08. The minimum atomic E-state index is -0.477. The number of hydrogen-bond acceptors (Lipinski definition) is 2. The molecule has 14 heavy (non-hydrogen) atoms. The van der Waals surface area contributed by atoms with E-state index in [-0.39, 0.29) is 11.8 Å². The summed E-state index contributed by atoms with van der Waals surface area (Å²) in [5.74, 6) is -0.712. The second-order valence-electron chi connectivity index (χ2n) is 3.32. The van der Waals surface area contributed by atoms with Crippen LogP contribution in [0.3, 0.4) is 0 Å². The molecule has 0 aromatic carbocycles. The van der Waals surface area contributed by atoms with Crippen molar-refractivity contribution in [2.75, 3.05) is 6.54 Å². The van der Waals surface area contributed by atoms with E-state index in [0.29, 0.717) is 12.1 Å². The Morgan fingerprint density at radius 1 is 1.71 bits per heavy atom. The van der Waals surface area contributed by atoms with Crippen molar-refractivity contribution >= 4 is 11.8 Å². The first-order chi connectivity index (χ1) is 6.56. The van der Waals surface area contributed by atoms with Gasteiger partial charge < -0.3 is 10.6 Å². The molecule has 2 amide bonds. The molecule has 0 bridgehead atoms. The van der Waals surface area contributed by atoms with Crippen molar-refractivity contribution in [1.82, 2.24) is 4.90 Å². The second kappa shape index (κ2) is 4.09. The number of rotatable bonds is 3. The van der Waals surface area contributed by atoms with Crippen LogP contribution in [0.1, 0.15) is 13.3 Å². The normalized spacial score (nSPS) is 22.6.